The Kier molecular flexibility index (Phi) is 1.46. The molecule has 1 unspecified atom stereocenters. The Bertz CT molecular complexity index is 205. The summed E-state index contributed by atoms with van der Waals surface area (Å²) < 4.78 is 0. The number of hydroxylamine groups is 2. The fourth-order valence-corrected chi connectivity index (χ4v) is 1.30. The topological polar surface area (TPSA) is 26.3 Å². The molecule has 1 atom stereocenters. The maximum atomic E-state index is 10.9. The van der Waals surface area contributed by atoms with Crippen molar-refractivity contribution in [3.63, 3.8) is 0 Å². The molecule has 2 heteroatoms. The molecule has 0 aliphatic heterocycles. The highest BCUT2D eigenvalue weighted by atomic mass is 16.5. The highest BCUT2D eigenvalue weighted by Crippen LogP contribution is 2.47. The third kappa shape index (κ3) is 0.662. The van der Waals surface area contributed by atoms with Crippen LogP contribution in [-0.4, -0.2) is 17.6 Å². The zero-order chi connectivity index (χ0) is 7.94. The van der Waals surface area contributed by atoms with Crippen molar-refractivity contribution in [1.29, 1.82) is 0 Å². The van der Waals surface area contributed by atoms with Crippen molar-refractivity contribution in [2.24, 2.45) is 0 Å². The SMILES string of the molecule is C=CC1=C(C)C1(C)N(C)[O-]. The summed E-state index contributed by atoms with van der Waals surface area (Å²) in [6.07, 6.45) is 1.75. The van der Waals surface area contributed by atoms with E-state index in [4.69, 9.17) is 0 Å². The smallest absolute Gasteiger partial charge is 0.0534 e. The van der Waals surface area contributed by atoms with E-state index in [-0.39, 0.29) is 5.54 Å². The van der Waals surface area contributed by atoms with Crippen molar-refractivity contribution in [1.82, 2.24) is 5.06 Å². The first kappa shape index (κ1) is 7.51. The molecule has 1 aliphatic carbocycles. The number of likely N-dealkylation sites (N-methyl/N-ethyl adjacent to an activating group) is 1. The summed E-state index contributed by atoms with van der Waals surface area (Å²) in [6, 6.07) is 0. The number of hydrogen-bond acceptors (Lipinski definition) is 2. The van der Waals surface area contributed by atoms with Gasteiger partial charge in [0.15, 0.2) is 0 Å². The summed E-state index contributed by atoms with van der Waals surface area (Å²) in [5.74, 6) is 0. The van der Waals surface area contributed by atoms with E-state index in [1.165, 1.54) is 0 Å². The Morgan fingerprint density at radius 2 is 2.20 bits per heavy atom. The van der Waals surface area contributed by atoms with Crippen molar-refractivity contribution in [2.75, 3.05) is 7.05 Å². The molecule has 1 rings (SSSR count). The summed E-state index contributed by atoms with van der Waals surface area (Å²) in [7, 11) is 1.54. The average Bonchev–Trinajstić information content (AvgIpc) is 2.38. The van der Waals surface area contributed by atoms with E-state index in [0.29, 0.717) is 0 Å². The minimum absolute atomic E-state index is 0.332. The monoisotopic (exact) mass is 138 g/mol. The predicted molar refractivity (Wildman–Crippen MR) is 42.4 cm³/mol. The molecule has 0 bridgehead atoms. The molecule has 0 spiro atoms. The lowest BCUT2D eigenvalue weighted by Gasteiger charge is -2.33. The van der Waals surface area contributed by atoms with Crippen LogP contribution in [0.25, 0.3) is 0 Å². The first-order valence-electron chi connectivity index (χ1n) is 3.30. The predicted octanol–water partition coefficient (Wildman–Crippen LogP) is 1.69. The van der Waals surface area contributed by atoms with E-state index >= 15 is 0 Å². The van der Waals surface area contributed by atoms with Crippen molar-refractivity contribution in [2.45, 2.75) is 19.4 Å². The number of nitrogens with zero attached hydrogens (tertiary/aromatic N) is 1. The van der Waals surface area contributed by atoms with Crippen LogP contribution in [0.1, 0.15) is 13.8 Å². The van der Waals surface area contributed by atoms with Gasteiger partial charge in [0, 0.05) is 0 Å². The number of hydrogen-bond donors (Lipinski definition) is 0. The zero-order valence-corrected chi connectivity index (χ0v) is 6.64. The molecule has 56 valence electrons. The first-order valence-corrected chi connectivity index (χ1v) is 3.30. The summed E-state index contributed by atoms with van der Waals surface area (Å²) in [5.41, 5.74) is 1.88. The first-order chi connectivity index (χ1) is 4.55. The Labute approximate surface area is 61.4 Å². The summed E-state index contributed by atoms with van der Waals surface area (Å²) in [4.78, 5) is 0. The van der Waals surface area contributed by atoms with Crippen molar-refractivity contribution < 1.29 is 0 Å². The van der Waals surface area contributed by atoms with Crippen molar-refractivity contribution in [3.05, 3.63) is 29.0 Å². The maximum absolute atomic E-state index is 10.9. The van der Waals surface area contributed by atoms with Gasteiger partial charge in [-0.2, -0.15) is 0 Å². The lowest BCUT2D eigenvalue weighted by Crippen LogP contribution is -2.29. The molecule has 0 saturated heterocycles. The van der Waals surface area contributed by atoms with Gasteiger partial charge >= 0.3 is 0 Å². The molecule has 0 amide bonds. The summed E-state index contributed by atoms with van der Waals surface area (Å²) in [5, 5.41) is 11.9. The molecular weight excluding hydrogens is 126 g/mol. The fraction of sp³-hybridized carbons (Fsp3) is 0.500. The summed E-state index contributed by atoms with van der Waals surface area (Å²) >= 11 is 0. The van der Waals surface area contributed by atoms with Gasteiger partial charge in [-0.05, 0) is 32.0 Å². The average molecular weight is 138 g/mol. The highest BCUT2D eigenvalue weighted by Gasteiger charge is 2.43. The van der Waals surface area contributed by atoms with Gasteiger partial charge < -0.3 is 10.3 Å². The lowest BCUT2D eigenvalue weighted by molar-refractivity contribution is 0.349. The van der Waals surface area contributed by atoms with Crippen LogP contribution in [0.3, 0.4) is 0 Å². The van der Waals surface area contributed by atoms with Gasteiger partial charge in [0.25, 0.3) is 0 Å². The molecule has 0 aromatic heterocycles. The third-order valence-corrected chi connectivity index (χ3v) is 2.43. The molecule has 0 N–H and O–H groups in total. The van der Waals surface area contributed by atoms with Gasteiger partial charge in [0.1, 0.15) is 0 Å². The van der Waals surface area contributed by atoms with E-state index in [2.05, 4.69) is 6.58 Å². The van der Waals surface area contributed by atoms with Crippen LogP contribution in [0, 0.1) is 5.21 Å². The third-order valence-electron chi connectivity index (χ3n) is 2.43. The van der Waals surface area contributed by atoms with Crippen LogP contribution in [0.5, 0.6) is 0 Å². The van der Waals surface area contributed by atoms with Gasteiger partial charge in [-0.1, -0.05) is 12.7 Å². The van der Waals surface area contributed by atoms with Crippen LogP contribution in [0.2, 0.25) is 0 Å². The lowest BCUT2D eigenvalue weighted by atomic mass is 10.1. The van der Waals surface area contributed by atoms with Gasteiger partial charge in [0.2, 0.25) is 0 Å². The van der Waals surface area contributed by atoms with Crippen LogP contribution >= 0.6 is 0 Å². The highest BCUT2D eigenvalue weighted by molar-refractivity contribution is 5.58. The molecule has 10 heavy (non-hydrogen) atoms. The van der Waals surface area contributed by atoms with Crippen molar-refractivity contribution in [3.8, 4) is 0 Å². The Hall–Kier alpha value is -0.600. The number of rotatable bonds is 2. The zero-order valence-electron chi connectivity index (χ0n) is 6.64. The fourth-order valence-electron chi connectivity index (χ4n) is 1.30. The Balaban J connectivity index is 2.76. The molecule has 0 aromatic rings. The van der Waals surface area contributed by atoms with Gasteiger partial charge in [-0.25, -0.2) is 0 Å². The maximum Gasteiger partial charge on any atom is 0.0534 e. The molecule has 0 heterocycles. The molecular formula is C8H12NO-. The van der Waals surface area contributed by atoms with E-state index < -0.39 is 0 Å². The normalized spacial score (nSPS) is 31.3. The molecule has 0 saturated carbocycles. The van der Waals surface area contributed by atoms with Crippen LogP contribution in [-0.2, 0) is 0 Å². The standard InChI is InChI=1S/C8H12NO/c1-5-7-6(2)8(7,3)9(4)10/h5H,1H2,2-4H3/q-1. The molecule has 0 fully saturated rings. The second-order valence-corrected chi connectivity index (χ2v) is 2.81. The molecule has 1 aliphatic rings. The van der Waals surface area contributed by atoms with E-state index in [9.17, 15) is 5.21 Å². The van der Waals surface area contributed by atoms with Crippen LogP contribution in [0.4, 0.5) is 0 Å². The van der Waals surface area contributed by atoms with E-state index in [1.54, 1.807) is 13.1 Å². The van der Waals surface area contributed by atoms with Gasteiger partial charge in [-0.3, -0.25) is 0 Å². The second kappa shape index (κ2) is 1.94. The summed E-state index contributed by atoms with van der Waals surface area (Å²) in [6.45, 7) is 7.50. The van der Waals surface area contributed by atoms with Crippen LogP contribution < -0.4 is 0 Å². The molecule has 0 radical (unpaired) electrons. The molecule has 0 aromatic carbocycles. The van der Waals surface area contributed by atoms with Gasteiger partial charge in [0.05, 0.1) is 5.54 Å². The minimum atomic E-state index is -0.332. The Morgan fingerprint density at radius 1 is 1.70 bits per heavy atom. The van der Waals surface area contributed by atoms with E-state index in [1.807, 2.05) is 13.8 Å². The quantitative estimate of drug-likeness (QED) is 0.543. The van der Waals surface area contributed by atoms with Crippen LogP contribution in [0.15, 0.2) is 23.8 Å². The second-order valence-electron chi connectivity index (χ2n) is 2.81. The van der Waals surface area contributed by atoms with Gasteiger partial charge in [-0.15, -0.1) is 0 Å². The Morgan fingerprint density at radius 3 is 2.30 bits per heavy atom. The largest absolute Gasteiger partial charge is 0.784 e. The molecule has 2 nitrogen and oxygen atoms in total. The van der Waals surface area contributed by atoms with E-state index in [0.717, 1.165) is 16.2 Å². The van der Waals surface area contributed by atoms with Crippen molar-refractivity contribution >= 4 is 0 Å². The minimum Gasteiger partial charge on any atom is -0.784 e.